The van der Waals surface area contributed by atoms with Crippen molar-refractivity contribution in [3.8, 4) is 33.4 Å². The summed E-state index contributed by atoms with van der Waals surface area (Å²) < 4.78 is 6.76. The Labute approximate surface area is 349 Å². The average molecular weight is 780 g/mol. The minimum absolute atomic E-state index is 0.551. The number of furan rings is 1. The van der Waals surface area contributed by atoms with Crippen LogP contribution in [-0.2, 0) is 5.41 Å². The standard InChI is InChI=1S/C57H37NOSi/c1-34-23-26-41-42-27-24-35(2)30-55(42)60(54(41)29-34)53-22-12-6-16-40(53)43-28-25-36(31-56(43)60)58-49-20-10-9-19-47(49)57(45-17-7-3-13-37(45)38-14-4-8-18-46(38)57)48-33-52-44(32-50(48)58)39-15-5-11-21-51(39)59-52/h3-33H,1-2H3. The molecule has 4 heterocycles. The average Bonchev–Trinajstić information content (AvgIpc) is 3.98. The lowest BCUT2D eigenvalue weighted by Gasteiger charge is -2.45. The van der Waals surface area contributed by atoms with Gasteiger partial charge in [-0.3, -0.25) is 0 Å². The molecule has 2 nitrogen and oxygen atoms in total. The molecule has 60 heavy (non-hydrogen) atoms. The van der Waals surface area contributed by atoms with E-state index in [1.54, 1.807) is 0 Å². The molecule has 0 amide bonds. The number of aryl methyl sites for hydroxylation is 2. The van der Waals surface area contributed by atoms with Crippen LogP contribution < -0.4 is 25.6 Å². The highest BCUT2D eigenvalue weighted by molar-refractivity contribution is 7.24. The van der Waals surface area contributed by atoms with Crippen LogP contribution in [0.25, 0.3) is 55.3 Å². The summed E-state index contributed by atoms with van der Waals surface area (Å²) in [5.74, 6) is 0. The monoisotopic (exact) mass is 779 g/mol. The summed E-state index contributed by atoms with van der Waals surface area (Å²) in [6, 6.07) is 71.7. The van der Waals surface area contributed by atoms with E-state index in [4.69, 9.17) is 4.42 Å². The van der Waals surface area contributed by atoms with Crippen molar-refractivity contribution in [3.63, 3.8) is 0 Å². The molecule has 1 aliphatic carbocycles. The van der Waals surface area contributed by atoms with E-state index in [0.29, 0.717) is 0 Å². The highest BCUT2D eigenvalue weighted by Gasteiger charge is 2.55. The number of anilines is 3. The van der Waals surface area contributed by atoms with Gasteiger partial charge in [0.25, 0.3) is 0 Å². The maximum absolute atomic E-state index is 6.76. The SMILES string of the molecule is Cc1ccc2c(c1)[Si]1(c3ccccc3-c3ccc(N4c5ccccc5C5(c6ccccc6-c6ccccc65)c5cc6oc7ccccc7c6cc54)cc31)c1cc(C)ccc1-2. The van der Waals surface area contributed by atoms with Gasteiger partial charge in [0.2, 0.25) is 0 Å². The summed E-state index contributed by atoms with van der Waals surface area (Å²) in [5.41, 5.74) is 20.7. The molecule has 2 spiro atoms. The van der Waals surface area contributed by atoms with Gasteiger partial charge in [0.1, 0.15) is 11.2 Å². The van der Waals surface area contributed by atoms with Crippen LogP contribution in [-0.4, -0.2) is 8.07 Å². The van der Waals surface area contributed by atoms with Gasteiger partial charge in [0.15, 0.2) is 8.07 Å². The second-order valence-corrected chi connectivity index (χ2v) is 20.9. The first kappa shape index (κ1) is 32.7. The summed E-state index contributed by atoms with van der Waals surface area (Å²) in [6.45, 7) is 4.51. The Morgan fingerprint density at radius 2 is 0.933 bits per heavy atom. The number of para-hydroxylation sites is 2. The van der Waals surface area contributed by atoms with Gasteiger partial charge in [-0.1, -0.05) is 163 Å². The van der Waals surface area contributed by atoms with Crippen molar-refractivity contribution >= 4 is 67.8 Å². The lowest BCUT2D eigenvalue weighted by Crippen LogP contribution is -2.70. The minimum Gasteiger partial charge on any atom is -0.456 e. The summed E-state index contributed by atoms with van der Waals surface area (Å²) in [5, 5.41) is 8.26. The third kappa shape index (κ3) is 3.77. The fourth-order valence-corrected chi connectivity index (χ4v) is 18.0. The molecule has 0 bridgehead atoms. The third-order valence-corrected chi connectivity index (χ3v) is 19.3. The lowest BCUT2D eigenvalue weighted by atomic mass is 9.64. The second-order valence-electron chi connectivity index (χ2n) is 17.3. The third-order valence-electron chi connectivity index (χ3n) is 14.4. The van der Waals surface area contributed by atoms with Gasteiger partial charge in [0.05, 0.1) is 16.8 Å². The highest BCUT2D eigenvalue weighted by atomic mass is 28.3. The zero-order chi connectivity index (χ0) is 39.5. The number of rotatable bonds is 1. The molecular formula is C57H37NOSi. The van der Waals surface area contributed by atoms with E-state index < -0.39 is 13.5 Å². The molecule has 14 rings (SSSR count). The fraction of sp³-hybridized carbons (Fsp3) is 0.0526. The van der Waals surface area contributed by atoms with Gasteiger partial charge in [0, 0.05) is 16.5 Å². The highest BCUT2D eigenvalue weighted by Crippen LogP contribution is 2.64. The Morgan fingerprint density at radius 3 is 1.65 bits per heavy atom. The van der Waals surface area contributed by atoms with E-state index in [9.17, 15) is 0 Å². The molecule has 10 aromatic rings. The first-order valence-electron chi connectivity index (χ1n) is 21.1. The maximum Gasteiger partial charge on any atom is 0.182 e. The summed E-state index contributed by atoms with van der Waals surface area (Å²) in [7, 11) is -2.73. The van der Waals surface area contributed by atoms with Crippen LogP contribution in [0.5, 0.6) is 0 Å². The van der Waals surface area contributed by atoms with Crippen LogP contribution in [0, 0.1) is 13.8 Å². The molecule has 4 aliphatic rings. The number of fused-ring (bicyclic) bond motifs is 22. The van der Waals surface area contributed by atoms with Crippen molar-refractivity contribution in [1.82, 2.24) is 0 Å². The lowest BCUT2D eigenvalue weighted by molar-refractivity contribution is 0.665. The predicted octanol–water partition coefficient (Wildman–Crippen LogP) is 11.7. The first-order chi connectivity index (χ1) is 29.6. The second kappa shape index (κ2) is 11.3. The molecule has 0 unspecified atom stereocenters. The molecule has 0 saturated carbocycles. The van der Waals surface area contributed by atoms with Crippen LogP contribution in [0.15, 0.2) is 192 Å². The van der Waals surface area contributed by atoms with Crippen molar-refractivity contribution in [2.75, 3.05) is 4.90 Å². The van der Waals surface area contributed by atoms with Crippen LogP contribution in [0.2, 0.25) is 0 Å². The number of nitrogens with zero attached hydrogens (tertiary/aromatic N) is 1. The Morgan fingerprint density at radius 1 is 0.383 bits per heavy atom. The molecule has 9 aromatic carbocycles. The molecule has 1 aromatic heterocycles. The molecular weight excluding hydrogens is 743 g/mol. The van der Waals surface area contributed by atoms with E-state index in [1.165, 1.54) is 105 Å². The topological polar surface area (TPSA) is 16.4 Å². The van der Waals surface area contributed by atoms with E-state index in [2.05, 4.69) is 207 Å². The van der Waals surface area contributed by atoms with Crippen LogP contribution in [0.1, 0.15) is 33.4 Å². The molecule has 280 valence electrons. The van der Waals surface area contributed by atoms with Crippen molar-refractivity contribution in [2.24, 2.45) is 0 Å². The maximum atomic E-state index is 6.76. The fourth-order valence-electron chi connectivity index (χ4n) is 12.1. The van der Waals surface area contributed by atoms with Crippen molar-refractivity contribution in [2.45, 2.75) is 19.3 Å². The molecule has 3 aliphatic heterocycles. The number of hydrogen-bond donors (Lipinski definition) is 0. The minimum atomic E-state index is -2.73. The van der Waals surface area contributed by atoms with Gasteiger partial charge < -0.3 is 9.32 Å². The summed E-state index contributed by atoms with van der Waals surface area (Å²) in [6.07, 6.45) is 0. The van der Waals surface area contributed by atoms with E-state index in [0.717, 1.165) is 21.9 Å². The van der Waals surface area contributed by atoms with Crippen molar-refractivity contribution in [1.29, 1.82) is 0 Å². The van der Waals surface area contributed by atoms with Gasteiger partial charge in [-0.15, -0.1) is 0 Å². The molecule has 3 heteroatoms. The Kier molecular flexibility index (Phi) is 6.16. The Bertz CT molecular complexity index is 3460. The Hall–Kier alpha value is -7.20. The van der Waals surface area contributed by atoms with Gasteiger partial charge >= 0.3 is 0 Å². The smallest absolute Gasteiger partial charge is 0.182 e. The molecule has 0 N–H and O–H groups in total. The zero-order valence-electron chi connectivity index (χ0n) is 33.3. The molecule has 0 fully saturated rings. The van der Waals surface area contributed by atoms with E-state index in [-0.39, 0.29) is 0 Å². The summed E-state index contributed by atoms with van der Waals surface area (Å²) in [4.78, 5) is 2.58. The van der Waals surface area contributed by atoms with Crippen LogP contribution in [0.3, 0.4) is 0 Å². The van der Waals surface area contributed by atoms with Crippen LogP contribution >= 0.6 is 0 Å². The van der Waals surface area contributed by atoms with Crippen LogP contribution in [0.4, 0.5) is 17.1 Å². The molecule has 0 saturated heterocycles. The number of hydrogen-bond acceptors (Lipinski definition) is 2. The summed E-state index contributed by atoms with van der Waals surface area (Å²) >= 11 is 0. The predicted molar refractivity (Wildman–Crippen MR) is 250 cm³/mol. The van der Waals surface area contributed by atoms with Gasteiger partial charge in [-0.25, -0.2) is 0 Å². The van der Waals surface area contributed by atoms with Crippen molar-refractivity contribution in [3.05, 3.63) is 221 Å². The largest absolute Gasteiger partial charge is 0.456 e. The number of benzene rings is 9. The van der Waals surface area contributed by atoms with Gasteiger partial charge in [-0.2, -0.15) is 0 Å². The Balaban J connectivity index is 1.11. The van der Waals surface area contributed by atoms with Crippen molar-refractivity contribution < 1.29 is 4.42 Å². The normalized spacial score (nSPS) is 15.1. The first-order valence-corrected chi connectivity index (χ1v) is 23.1. The molecule has 0 atom stereocenters. The van der Waals surface area contributed by atoms with E-state index >= 15 is 0 Å². The van der Waals surface area contributed by atoms with E-state index in [1.807, 2.05) is 0 Å². The zero-order valence-corrected chi connectivity index (χ0v) is 34.3. The molecule has 0 radical (unpaired) electrons. The van der Waals surface area contributed by atoms with Gasteiger partial charge in [-0.05, 0) is 127 Å². The quantitative estimate of drug-likeness (QED) is 0.154.